The fourth-order valence-corrected chi connectivity index (χ4v) is 7.36. The number of hydrogen-bond donors (Lipinski definition) is 0. The largest absolute Gasteiger partial charge is 0.294 e. The van der Waals surface area contributed by atoms with Crippen molar-refractivity contribution in [2.45, 2.75) is 0 Å². The van der Waals surface area contributed by atoms with Gasteiger partial charge in [-0.1, -0.05) is 42.5 Å². The van der Waals surface area contributed by atoms with Crippen molar-refractivity contribution < 1.29 is 0 Å². The van der Waals surface area contributed by atoms with Crippen LogP contribution in [-0.2, 0) is 0 Å². The Bertz CT molecular complexity index is 2650. The molecule has 1 aliphatic heterocycles. The number of aromatic nitrogens is 5. The number of pyridine rings is 4. The third-order valence-corrected chi connectivity index (χ3v) is 9.43. The minimum Gasteiger partial charge on any atom is -0.294 e. The van der Waals surface area contributed by atoms with Gasteiger partial charge in [-0.2, -0.15) is 0 Å². The van der Waals surface area contributed by atoms with Crippen LogP contribution in [0.5, 0.6) is 0 Å². The predicted molar refractivity (Wildman–Crippen MR) is 194 cm³/mol. The lowest BCUT2D eigenvalue weighted by Gasteiger charge is -2.33. The third kappa shape index (κ3) is 3.93. The first kappa shape index (κ1) is 26.5. The number of fused-ring (bicyclic) bond motifs is 5. The first-order valence-electron chi connectivity index (χ1n) is 16.0. The lowest BCUT2D eigenvalue weighted by Crippen LogP contribution is -2.16. The van der Waals surface area contributed by atoms with Gasteiger partial charge in [-0.3, -0.25) is 19.4 Å². The summed E-state index contributed by atoms with van der Waals surface area (Å²) in [5.74, 6) is 1.74. The van der Waals surface area contributed by atoms with E-state index in [1.54, 1.807) is 0 Å². The standard InChI is InChI=1S/C42H26N6/c1-3-18-45-40(8-1)47-36-12-10-29(27-14-20-43-21-15-27)24-33(36)35-25-34-32-7-5-6-31-30(28-16-22-44-23-17-28)11-13-37(42(31)32)48(38(34)26-39(35)47)41-9-2-4-19-46-41/h1-26H. The van der Waals surface area contributed by atoms with Crippen LogP contribution in [0.3, 0.4) is 0 Å². The molecule has 4 aromatic carbocycles. The van der Waals surface area contributed by atoms with Crippen LogP contribution >= 0.6 is 0 Å². The molecule has 0 bridgehead atoms. The van der Waals surface area contributed by atoms with Crippen LogP contribution in [0.25, 0.3) is 71.8 Å². The maximum Gasteiger partial charge on any atom is 0.137 e. The highest BCUT2D eigenvalue weighted by Gasteiger charge is 2.29. The second-order valence-corrected chi connectivity index (χ2v) is 12.0. The van der Waals surface area contributed by atoms with Crippen LogP contribution in [-0.4, -0.2) is 24.5 Å². The van der Waals surface area contributed by atoms with E-state index >= 15 is 0 Å². The smallest absolute Gasteiger partial charge is 0.137 e. The van der Waals surface area contributed by atoms with E-state index in [9.17, 15) is 0 Å². The number of anilines is 3. The molecule has 6 nitrogen and oxygen atoms in total. The maximum absolute atomic E-state index is 4.88. The van der Waals surface area contributed by atoms with Crippen molar-refractivity contribution in [3.8, 4) is 39.2 Å². The number of hydrogen-bond acceptors (Lipinski definition) is 5. The highest BCUT2D eigenvalue weighted by molar-refractivity contribution is 6.21. The molecule has 0 fully saturated rings. The van der Waals surface area contributed by atoms with Crippen LogP contribution < -0.4 is 4.90 Å². The molecule has 0 saturated heterocycles. The van der Waals surface area contributed by atoms with E-state index in [0.29, 0.717) is 0 Å². The molecule has 0 N–H and O–H groups in total. The van der Waals surface area contributed by atoms with Crippen LogP contribution in [0.2, 0.25) is 0 Å². The van der Waals surface area contributed by atoms with Gasteiger partial charge in [0.05, 0.1) is 22.4 Å². The summed E-state index contributed by atoms with van der Waals surface area (Å²) >= 11 is 0. The first-order valence-corrected chi connectivity index (χ1v) is 16.0. The molecule has 0 aliphatic carbocycles. The van der Waals surface area contributed by atoms with E-state index < -0.39 is 0 Å². The zero-order valence-electron chi connectivity index (χ0n) is 25.7. The molecule has 6 heterocycles. The second kappa shape index (κ2) is 10.4. The average molecular weight is 615 g/mol. The Labute approximate surface area is 276 Å². The van der Waals surface area contributed by atoms with Crippen LogP contribution in [0, 0.1) is 0 Å². The zero-order valence-corrected chi connectivity index (χ0v) is 25.7. The summed E-state index contributed by atoms with van der Waals surface area (Å²) in [5, 5.41) is 4.73. The molecule has 1 aliphatic rings. The molecular formula is C42H26N6. The van der Waals surface area contributed by atoms with Crippen molar-refractivity contribution in [1.82, 2.24) is 24.5 Å². The van der Waals surface area contributed by atoms with Crippen LogP contribution in [0.4, 0.5) is 17.2 Å². The van der Waals surface area contributed by atoms with Gasteiger partial charge in [0.2, 0.25) is 0 Å². The molecule has 10 rings (SSSR count). The van der Waals surface area contributed by atoms with Crippen molar-refractivity contribution >= 4 is 49.8 Å². The van der Waals surface area contributed by atoms with Crippen molar-refractivity contribution in [1.29, 1.82) is 0 Å². The fourth-order valence-electron chi connectivity index (χ4n) is 7.36. The van der Waals surface area contributed by atoms with Gasteiger partial charge in [-0.15, -0.1) is 0 Å². The fraction of sp³-hybridized carbons (Fsp3) is 0. The van der Waals surface area contributed by atoms with E-state index in [2.05, 4.69) is 123 Å². The van der Waals surface area contributed by atoms with Gasteiger partial charge in [0, 0.05) is 58.9 Å². The molecule has 0 saturated carbocycles. The molecule has 5 aromatic heterocycles. The van der Waals surface area contributed by atoms with Gasteiger partial charge in [-0.25, -0.2) is 9.97 Å². The lowest BCUT2D eigenvalue weighted by molar-refractivity contribution is 1.08. The Hall–Kier alpha value is -6.66. The SMILES string of the molecule is c1ccc(N2c3cc4c(cc3-c3cccc5c(-c6ccncc6)ccc2c35)c2cc(-c3ccncc3)ccc2n4-c2ccccn2)nc1. The Morgan fingerprint density at radius 1 is 0.396 bits per heavy atom. The molecule has 0 radical (unpaired) electrons. The molecular weight excluding hydrogens is 589 g/mol. The lowest BCUT2D eigenvalue weighted by atomic mass is 9.87. The minimum atomic E-state index is 0.867. The molecule has 48 heavy (non-hydrogen) atoms. The summed E-state index contributed by atoms with van der Waals surface area (Å²) in [4.78, 5) is 20.5. The maximum atomic E-state index is 4.88. The van der Waals surface area contributed by atoms with Gasteiger partial charge in [0.25, 0.3) is 0 Å². The average Bonchev–Trinajstić information content (AvgIpc) is 3.48. The Balaban J connectivity index is 1.33. The summed E-state index contributed by atoms with van der Waals surface area (Å²) in [6.45, 7) is 0. The third-order valence-electron chi connectivity index (χ3n) is 9.43. The Morgan fingerprint density at radius 3 is 1.88 bits per heavy atom. The number of nitrogens with zero attached hydrogens (tertiary/aromatic N) is 6. The normalized spacial score (nSPS) is 12.1. The molecule has 0 spiro atoms. The topological polar surface area (TPSA) is 59.7 Å². The highest BCUT2D eigenvalue weighted by Crippen LogP contribution is 2.53. The van der Waals surface area contributed by atoms with Crippen molar-refractivity contribution in [3.05, 3.63) is 159 Å². The summed E-state index contributed by atoms with van der Waals surface area (Å²) in [5.41, 5.74) is 11.3. The van der Waals surface area contributed by atoms with Gasteiger partial charge in [-0.05, 0) is 112 Å². The summed E-state index contributed by atoms with van der Waals surface area (Å²) in [6.07, 6.45) is 11.1. The van der Waals surface area contributed by atoms with Gasteiger partial charge < -0.3 is 0 Å². The second-order valence-electron chi connectivity index (χ2n) is 12.0. The number of rotatable bonds is 4. The Kier molecular flexibility index (Phi) is 5.77. The summed E-state index contributed by atoms with van der Waals surface area (Å²) in [7, 11) is 0. The van der Waals surface area contributed by atoms with Gasteiger partial charge in [0.15, 0.2) is 0 Å². The van der Waals surface area contributed by atoms with Crippen LogP contribution in [0.1, 0.15) is 0 Å². The Morgan fingerprint density at radius 2 is 1.12 bits per heavy atom. The van der Waals surface area contributed by atoms with E-state index in [1.807, 2.05) is 55.4 Å². The van der Waals surface area contributed by atoms with E-state index in [0.717, 1.165) is 61.7 Å². The van der Waals surface area contributed by atoms with Gasteiger partial charge >= 0.3 is 0 Å². The zero-order chi connectivity index (χ0) is 31.6. The van der Waals surface area contributed by atoms with Gasteiger partial charge in [0.1, 0.15) is 11.6 Å². The number of benzene rings is 4. The molecule has 0 atom stereocenters. The predicted octanol–water partition coefficient (Wildman–Crippen LogP) is 10.3. The van der Waals surface area contributed by atoms with Crippen molar-refractivity contribution in [2.24, 2.45) is 0 Å². The molecule has 9 aromatic rings. The van der Waals surface area contributed by atoms with E-state index in [-0.39, 0.29) is 0 Å². The first-order chi connectivity index (χ1) is 23.8. The highest BCUT2D eigenvalue weighted by atomic mass is 15.2. The summed E-state index contributed by atoms with van der Waals surface area (Å²) in [6, 6.07) is 43.0. The molecule has 0 amide bonds. The van der Waals surface area contributed by atoms with Crippen LogP contribution in [0.15, 0.2) is 159 Å². The van der Waals surface area contributed by atoms with E-state index in [4.69, 9.17) is 9.97 Å². The van der Waals surface area contributed by atoms with E-state index in [1.165, 1.54) is 27.3 Å². The monoisotopic (exact) mass is 614 g/mol. The minimum absolute atomic E-state index is 0.867. The molecule has 224 valence electrons. The van der Waals surface area contributed by atoms with Crippen molar-refractivity contribution in [3.63, 3.8) is 0 Å². The molecule has 6 heteroatoms. The molecule has 0 unspecified atom stereocenters. The quantitative estimate of drug-likeness (QED) is 0.197. The summed E-state index contributed by atoms with van der Waals surface area (Å²) < 4.78 is 2.28. The van der Waals surface area contributed by atoms with Crippen molar-refractivity contribution in [2.75, 3.05) is 4.90 Å².